The number of amides is 1. The van der Waals surface area contributed by atoms with E-state index in [1.165, 1.54) is 6.33 Å². The van der Waals surface area contributed by atoms with E-state index < -0.39 is 0 Å². The molecule has 1 heterocycles. The number of rotatable bonds is 7. The van der Waals surface area contributed by atoms with Gasteiger partial charge in [0, 0.05) is 32.2 Å². The average Bonchev–Trinajstić information content (AvgIpc) is 3.07. The number of halogens is 1. The van der Waals surface area contributed by atoms with Crippen LogP contribution in [0.3, 0.4) is 0 Å². The Balaban J connectivity index is 0.00000364. The zero-order chi connectivity index (χ0) is 18.9. The summed E-state index contributed by atoms with van der Waals surface area (Å²) in [7, 11) is 3.55. The number of benzene rings is 1. The van der Waals surface area contributed by atoms with Crippen molar-refractivity contribution in [2.24, 2.45) is 12.0 Å². The van der Waals surface area contributed by atoms with Gasteiger partial charge in [0.25, 0.3) is 5.91 Å². The molecule has 0 aliphatic carbocycles. The van der Waals surface area contributed by atoms with Gasteiger partial charge in [-0.1, -0.05) is 19.1 Å². The monoisotopic (exact) mass is 485 g/mol. The Hall–Kier alpha value is -2.17. The summed E-state index contributed by atoms with van der Waals surface area (Å²) in [5.74, 6) is 1.42. The first-order valence-corrected chi connectivity index (χ1v) is 8.70. The van der Waals surface area contributed by atoms with Gasteiger partial charge in [0.05, 0.1) is 6.54 Å². The van der Waals surface area contributed by atoms with Gasteiger partial charge in [-0.05, 0) is 31.0 Å². The molecule has 2 aromatic rings. The molecule has 1 amide bonds. The molecule has 0 fully saturated rings. The van der Waals surface area contributed by atoms with Crippen molar-refractivity contribution in [3.05, 3.63) is 47.5 Å². The molecule has 1 atom stereocenters. The molecule has 0 saturated heterocycles. The lowest BCUT2D eigenvalue weighted by Crippen LogP contribution is -2.37. The summed E-state index contributed by atoms with van der Waals surface area (Å²) in [6.45, 7) is 5.12. The fraction of sp³-hybridized carbons (Fsp3) is 0.444. The highest BCUT2D eigenvalue weighted by Crippen LogP contribution is 2.06. The van der Waals surface area contributed by atoms with Crippen LogP contribution in [0, 0.1) is 0 Å². The number of carbonyl (C=O) groups is 1. The molecule has 148 valence electrons. The second-order valence-corrected chi connectivity index (χ2v) is 6.06. The van der Waals surface area contributed by atoms with E-state index in [0.29, 0.717) is 24.6 Å². The van der Waals surface area contributed by atoms with E-state index in [0.717, 1.165) is 17.8 Å². The third-order valence-corrected chi connectivity index (χ3v) is 4.08. The summed E-state index contributed by atoms with van der Waals surface area (Å²) in [5.41, 5.74) is 1.66. The van der Waals surface area contributed by atoms with Crippen LogP contribution in [0.1, 0.15) is 42.0 Å². The van der Waals surface area contributed by atoms with Gasteiger partial charge in [-0.3, -0.25) is 14.5 Å². The van der Waals surface area contributed by atoms with E-state index in [-0.39, 0.29) is 35.9 Å². The molecule has 1 aromatic heterocycles. The topological polar surface area (TPSA) is 96.2 Å². The molecule has 1 unspecified atom stereocenters. The second kappa shape index (κ2) is 11.5. The molecule has 0 radical (unpaired) electrons. The summed E-state index contributed by atoms with van der Waals surface area (Å²) in [6, 6.07) is 7.73. The lowest BCUT2D eigenvalue weighted by molar-refractivity contribution is 0.0939. The van der Waals surface area contributed by atoms with Gasteiger partial charge in [-0.25, -0.2) is 4.98 Å². The maximum Gasteiger partial charge on any atom is 0.251 e. The Labute approximate surface area is 177 Å². The van der Waals surface area contributed by atoms with E-state index in [4.69, 9.17) is 0 Å². The first kappa shape index (κ1) is 22.9. The van der Waals surface area contributed by atoms with Gasteiger partial charge in [0.15, 0.2) is 5.96 Å². The molecule has 27 heavy (non-hydrogen) atoms. The largest absolute Gasteiger partial charge is 0.352 e. The molecular formula is C18H28IN7O. The minimum absolute atomic E-state index is 0. The van der Waals surface area contributed by atoms with Crippen molar-refractivity contribution in [2.45, 2.75) is 39.4 Å². The number of guanidine groups is 1. The van der Waals surface area contributed by atoms with Crippen molar-refractivity contribution in [3.8, 4) is 0 Å². The van der Waals surface area contributed by atoms with Crippen molar-refractivity contribution >= 4 is 35.8 Å². The fourth-order valence-corrected chi connectivity index (χ4v) is 2.28. The van der Waals surface area contributed by atoms with Crippen LogP contribution in [-0.4, -0.2) is 39.7 Å². The van der Waals surface area contributed by atoms with Crippen LogP contribution < -0.4 is 16.0 Å². The van der Waals surface area contributed by atoms with Gasteiger partial charge < -0.3 is 16.0 Å². The molecule has 9 heteroatoms. The zero-order valence-corrected chi connectivity index (χ0v) is 18.5. The molecule has 3 N–H and O–H groups in total. The lowest BCUT2D eigenvalue weighted by atomic mass is 10.1. The summed E-state index contributed by atoms with van der Waals surface area (Å²) in [4.78, 5) is 20.6. The Morgan fingerprint density at radius 1 is 1.30 bits per heavy atom. The summed E-state index contributed by atoms with van der Waals surface area (Å²) < 4.78 is 1.71. The van der Waals surface area contributed by atoms with Gasteiger partial charge >= 0.3 is 0 Å². The highest BCUT2D eigenvalue weighted by Gasteiger charge is 2.09. The van der Waals surface area contributed by atoms with Crippen molar-refractivity contribution in [1.82, 2.24) is 30.7 Å². The van der Waals surface area contributed by atoms with Crippen molar-refractivity contribution in [1.29, 1.82) is 0 Å². The normalized spacial score (nSPS) is 12.1. The first-order valence-electron chi connectivity index (χ1n) is 8.70. The highest BCUT2D eigenvalue weighted by atomic mass is 127. The van der Waals surface area contributed by atoms with Gasteiger partial charge in [-0.2, -0.15) is 5.10 Å². The van der Waals surface area contributed by atoms with Crippen molar-refractivity contribution in [3.63, 3.8) is 0 Å². The van der Waals surface area contributed by atoms with Crippen LogP contribution >= 0.6 is 24.0 Å². The summed E-state index contributed by atoms with van der Waals surface area (Å²) in [5, 5.41) is 13.4. The third kappa shape index (κ3) is 7.16. The van der Waals surface area contributed by atoms with Crippen LogP contribution in [0.5, 0.6) is 0 Å². The molecule has 1 aromatic carbocycles. The lowest BCUT2D eigenvalue weighted by Gasteiger charge is -2.13. The van der Waals surface area contributed by atoms with Crippen LogP contribution in [0.2, 0.25) is 0 Å². The smallest absolute Gasteiger partial charge is 0.251 e. The highest BCUT2D eigenvalue weighted by molar-refractivity contribution is 14.0. The number of carbonyl (C=O) groups excluding carboxylic acids is 1. The Kier molecular flexibility index (Phi) is 9.76. The fourth-order valence-electron chi connectivity index (χ4n) is 2.28. The number of hydrogen-bond donors (Lipinski definition) is 3. The molecular weight excluding hydrogens is 457 g/mol. The predicted octanol–water partition coefficient (Wildman–Crippen LogP) is 1.83. The van der Waals surface area contributed by atoms with Crippen molar-refractivity contribution < 1.29 is 4.79 Å². The van der Waals surface area contributed by atoms with E-state index in [1.807, 2.05) is 45.2 Å². The Morgan fingerprint density at radius 3 is 2.67 bits per heavy atom. The molecule has 0 saturated carbocycles. The minimum atomic E-state index is -0.0500. The quantitative estimate of drug-likeness (QED) is 0.316. The van der Waals surface area contributed by atoms with Crippen LogP contribution in [0.15, 0.2) is 35.6 Å². The Morgan fingerprint density at radius 2 is 2.04 bits per heavy atom. The number of hydrogen-bond acceptors (Lipinski definition) is 4. The standard InChI is InChI=1S/C18H27N7O.HI/c1-5-13(2)24-17(26)15-8-6-7-14(9-15)10-20-18(19-3)21-11-16-22-12-23-25(16)4;/h6-9,12-13H,5,10-11H2,1-4H3,(H,24,26)(H2,19,20,21);1H. The SMILES string of the molecule is CCC(C)NC(=O)c1cccc(CNC(=NC)NCc2ncnn2C)c1.I. The molecule has 0 aliphatic heterocycles. The Bertz CT molecular complexity index is 760. The zero-order valence-electron chi connectivity index (χ0n) is 16.2. The molecule has 0 spiro atoms. The number of aromatic nitrogens is 3. The van der Waals surface area contributed by atoms with Crippen LogP contribution in [0.4, 0.5) is 0 Å². The van der Waals surface area contributed by atoms with Crippen molar-refractivity contribution in [2.75, 3.05) is 7.05 Å². The van der Waals surface area contributed by atoms with E-state index in [2.05, 4.69) is 31.0 Å². The van der Waals surface area contributed by atoms with Gasteiger partial charge in [-0.15, -0.1) is 24.0 Å². The predicted molar refractivity (Wildman–Crippen MR) is 117 cm³/mol. The third-order valence-electron chi connectivity index (χ3n) is 4.08. The number of nitrogens with zero attached hydrogens (tertiary/aromatic N) is 4. The number of nitrogens with one attached hydrogen (secondary N) is 3. The van der Waals surface area contributed by atoms with E-state index in [9.17, 15) is 4.79 Å². The average molecular weight is 485 g/mol. The summed E-state index contributed by atoms with van der Waals surface area (Å²) in [6.07, 6.45) is 2.42. The molecule has 2 rings (SSSR count). The minimum Gasteiger partial charge on any atom is -0.352 e. The first-order chi connectivity index (χ1) is 12.5. The van der Waals surface area contributed by atoms with Gasteiger partial charge in [0.1, 0.15) is 12.2 Å². The summed E-state index contributed by atoms with van der Waals surface area (Å²) >= 11 is 0. The second-order valence-electron chi connectivity index (χ2n) is 6.06. The maximum absolute atomic E-state index is 12.2. The number of aliphatic imine (C=N–C) groups is 1. The van der Waals surface area contributed by atoms with Crippen LogP contribution in [-0.2, 0) is 20.1 Å². The molecule has 8 nitrogen and oxygen atoms in total. The molecule has 0 bridgehead atoms. The van der Waals surface area contributed by atoms with Gasteiger partial charge in [0.2, 0.25) is 0 Å². The maximum atomic E-state index is 12.2. The van der Waals surface area contributed by atoms with E-state index in [1.54, 1.807) is 11.7 Å². The van der Waals surface area contributed by atoms with Crippen LogP contribution in [0.25, 0.3) is 0 Å². The van der Waals surface area contributed by atoms with E-state index >= 15 is 0 Å². The molecule has 0 aliphatic rings. The number of aryl methyl sites for hydroxylation is 1.